The van der Waals surface area contributed by atoms with Crippen LogP contribution >= 0.6 is 0 Å². The molecular weight excluding hydrogens is 292 g/mol. The Balaban J connectivity index is 2.07. The van der Waals surface area contributed by atoms with Gasteiger partial charge >= 0.3 is 5.97 Å². The van der Waals surface area contributed by atoms with Crippen LogP contribution in [0.15, 0.2) is 12.2 Å². The number of aliphatic carboxylic acids is 1. The highest BCUT2D eigenvalue weighted by Crippen LogP contribution is 2.68. The lowest BCUT2D eigenvalue weighted by Crippen LogP contribution is -2.53. The van der Waals surface area contributed by atoms with E-state index in [1.807, 2.05) is 19.9 Å². The summed E-state index contributed by atoms with van der Waals surface area (Å²) in [5.74, 6) is 0.167. The third-order valence-electron chi connectivity index (χ3n) is 7.37. The Hall–Kier alpha value is -1.16. The third-order valence-corrected chi connectivity index (χ3v) is 7.37. The molecule has 4 nitrogen and oxygen atoms in total. The van der Waals surface area contributed by atoms with Crippen molar-refractivity contribution in [1.29, 1.82) is 0 Å². The van der Waals surface area contributed by atoms with Gasteiger partial charge in [-0.25, -0.2) is 0 Å². The monoisotopic (exact) mass is 320 g/mol. The van der Waals surface area contributed by atoms with Crippen LogP contribution in [-0.2, 0) is 9.59 Å². The molecule has 0 radical (unpaired) electrons. The summed E-state index contributed by atoms with van der Waals surface area (Å²) in [4.78, 5) is 23.8. The lowest BCUT2D eigenvalue weighted by Gasteiger charge is -2.55. The normalized spacial score (nSPS) is 51.6. The first-order valence-electron chi connectivity index (χ1n) is 8.71. The molecule has 0 aromatic rings. The highest BCUT2D eigenvalue weighted by Gasteiger charge is 2.66. The number of hydrogen-bond donors (Lipinski definition) is 2. The fraction of sp³-hybridized carbons (Fsp3) is 0.789. The highest BCUT2D eigenvalue weighted by molar-refractivity contribution is 5.96. The zero-order valence-corrected chi connectivity index (χ0v) is 14.5. The molecule has 0 aromatic carbocycles. The van der Waals surface area contributed by atoms with E-state index in [-0.39, 0.29) is 35.4 Å². The largest absolute Gasteiger partial charge is 0.481 e. The molecule has 7 atom stereocenters. The molecule has 5 unspecified atom stereocenters. The van der Waals surface area contributed by atoms with E-state index in [9.17, 15) is 14.7 Å². The van der Waals surface area contributed by atoms with E-state index in [1.54, 1.807) is 6.08 Å². The number of carbonyl (C=O) groups excluding carboxylic acids is 1. The van der Waals surface area contributed by atoms with Gasteiger partial charge in [0.2, 0.25) is 0 Å². The van der Waals surface area contributed by atoms with Crippen LogP contribution in [0.5, 0.6) is 0 Å². The van der Waals surface area contributed by atoms with Crippen LogP contribution in [0.25, 0.3) is 0 Å². The van der Waals surface area contributed by atoms with Crippen LogP contribution in [-0.4, -0.2) is 27.6 Å². The molecule has 0 saturated heterocycles. The Bertz CT molecular complexity index is 578. The highest BCUT2D eigenvalue weighted by atomic mass is 16.4. The van der Waals surface area contributed by atoms with Gasteiger partial charge in [-0.15, -0.1) is 0 Å². The number of allylic oxidation sites excluding steroid dienone is 2. The number of carboxylic acids is 1. The van der Waals surface area contributed by atoms with Gasteiger partial charge in [0.25, 0.3) is 0 Å². The number of rotatable bonds is 3. The summed E-state index contributed by atoms with van der Waals surface area (Å²) in [6.45, 7) is 8.24. The number of hydrogen-bond acceptors (Lipinski definition) is 3. The van der Waals surface area contributed by atoms with E-state index < -0.39 is 17.0 Å². The quantitative estimate of drug-likeness (QED) is 0.838. The second-order valence-electron chi connectivity index (χ2n) is 8.78. The lowest BCUT2D eigenvalue weighted by atomic mass is 9.47. The lowest BCUT2D eigenvalue weighted by molar-refractivity contribution is -0.143. The standard InChI is InChI=1S/C19H28O4/c1-11-12(2)16-17(3,7-6-15(21)22)14(20)5-8-19(16)9-13(11)18(4,23)10-19/h5,8,11-13,16,23H,6-7,9-10H2,1-4H3,(H,21,22)/t11-,12?,13?,16?,17-,18?,19?/m1/s1. The van der Waals surface area contributed by atoms with Crippen LogP contribution in [0.1, 0.15) is 53.4 Å². The second kappa shape index (κ2) is 4.92. The van der Waals surface area contributed by atoms with E-state index in [0.717, 1.165) is 6.42 Å². The van der Waals surface area contributed by atoms with Crippen molar-refractivity contribution in [3.63, 3.8) is 0 Å². The molecule has 2 bridgehead atoms. The van der Waals surface area contributed by atoms with Crippen LogP contribution in [0.4, 0.5) is 0 Å². The average molecular weight is 320 g/mol. The third kappa shape index (κ3) is 2.21. The summed E-state index contributed by atoms with van der Waals surface area (Å²) in [6.07, 6.45) is 5.68. The topological polar surface area (TPSA) is 74.6 Å². The molecule has 3 aliphatic rings. The Morgan fingerprint density at radius 3 is 2.57 bits per heavy atom. The molecule has 23 heavy (non-hydrogen) atoms. The summed E-state index contributed by atoms with van der Waals surface area (Å²) in [7, 11) is 0. The molecule has 0 heterocycles. The minimum Gasteiger partial charge on any atom is -0.481 e. The molecule has 2 fully saturated rings. The number of fused-ring (bicyclic) bond motifs is 1. The SMILES string of the molecule is CC1C2C3(C=CC(=O)[C@@]2(C)CCC(=O)O)CC([C@@H]1C)C(C)(O)C3. The van der Waals surface area contributed by atoms with Crippen molar-refractivity contribution in [3.8, 4) is 0 Å². The molecule has 3 aliphatic carbocycles. The molecule has 4 heteroatoms. The van der Waals surface area contributed by atoms with Crippen molar-refractivity contribution < 1.29 is 19.8 Å². The van der Waals surface area contributed by atoms with Gasteiger partial charge in [-0.1, -0.05) is 26.8 Å². The maximum atomic E-state index is 12.7. The van der Waals surface area contributed by atoms with Gasteiger partial charge in [0.1, 0.15) is 0 Å². The summed E-state index contributed by atoms with van der Waals surface area (Å²) >= 11 is 0. The first kappa shape index (κ1) is 16.7. The first-order chi connectivity index (χ1) is 10.5. The molecule has 2 saturated carbocycles. The molecule has 3 rings (SSSR count). The van der Waals surface area contributed by atoms with Crippen LogP contribution in [0.3, 0.4) is 0 Å². The van der Waals surface area contributed by atoms with Gasteiger partial charge in [-0.05, 0) is 61.3 Å². The Morgan fingerprint density at radius 1 is 1.30 bits per heavy atom. The maximum absolute atomic E-state index is 12.7. The van der Waals surface area contributed by atoms with Crippen molar-refractivity contribution in [1.82, 2.24) is 0 Å². The van der Waals surface area contributed by atoms with E-state index in [1.165, 1.54) is 0 Å². The summed E-state index contributed by atoms with van der Waals surface area (Å²) in [5, 5.41) is 20.0. The Kier molecular flexibility index (Phi) is 3.57. The van der Waals surface area contributed by atoms with E-state index in [0.29, 0.717) is 18.8 Å². The zero-order valence-electron chi connectivity index (χ0n) is 14.5. The number of carbonyl (C=O) groups is 2. The minimum atomic E-state index is -0.851. The van der Waals surface area contributed by atoms with E-state index >= 15 is 0 Å². The van der Waals surface area contributed by atoms with Gasteiger partial charge in [0.05, 0.1) is 5.60 Å². The van der Waals surface area contributed by atoms with Crippen molar-refractivity contribution in [2.45, 2.75) is 59.0 Å². The molecule has 2 N–H and O–H groups in total. The van der Waals surface area contributed by atoms with Gasteiger partial charge in [-0.2, -0.15) is 0 Å². The summed E-state index contributed by atoms with van der Waals surface area (Å²) in [6, 6.07) is 0. The molecule has 0 amide bonds. The zero-order chi connectivity index (χ0) is 17.2. The van der Waals surface area contributed by atoms with Crippen molar-refractivity contribution >= 4 is 11.8 Å². The number of carboxylic acid groups (broad SMARTS) is 1. The molecule has 0 aromatic heterocycles. The van der Waals surface area contributed by atoms with E-state index in [2.05, 4.69) is 13.8 Å². The average Bonchev–Trinajstić information content (AvgIpc) is 2.68. The Labute approximate surface area is 138 Å². The van der Waals surface area contributed by atoms with Gasteiger partial charge in [0, 0.05) is 11.8 Å². The predicted octanol–water partition coefficient (Wildman–Crippen LogP) is 3.05. The maximum Gasteiger partial charge on any atom is 0.303 e. The van der Waals surface area contributed by atoms with E-state index in [4.69, 9.17) is 5.11 Å². The van der Waals surface area contributed by atoms with Crippen LogP contribution in [0.2, 0.25) is 0 Å². The van der Waals surface area contributed by atoms with Gasteiger partial charge in [-0.3, -0.25) is 9.59 Å². The van der Waals surface area contributed by atoms with Crippen LogP contribution < -0.4 is 0 Å². The minimum absolute atomic E-state index is 0.0174. The molecule has 128 valence electrons. The predicted molar refractivity (Wildman–Crippen MR) is 86.7 cm³/mol. The second-order valence-corrected chi connectivity index (χ2v) is 8.78. The smallest absolute Gasteiger partial charge is 0.303 e. The van der Waals surface area contributed by atoms with Crippen LogP contribution in [0, 0.1) is 34.5 Å². The fourth-order valence-electron chi connectivity index (χ4n) is 6.36. The fourth-order valence-corrected chi connectivity index (χ4v) is 6.36. The first-order valence-corrected chi connectivity index (χ1v) is 8.71. The summed E-state index contributed by atoms with van der Waals surface area (Å²) in [5.41, 5.74) is -1.52. The molecule has 1 spiro atoms. The number of aliphatic hydroxyl groups is 1. The van der Waals surface area contributed by atoms with Crippen molar-refractivity contribution in [2.24, 2.45) is 34.5 Å². The van der Waals surface area contributed by atoms with Crippen molar-refractivity contribution in [3.05, 3.63) is 12.2 Å². The van der Waals surface area contributed by atoms with Crippen molar-refractivity contribution in [2.75, 3.05) is 0 Å². The molecule has 0 aliphatic heterocycles. The van der Waals surface area contributed by atoms with Gasteiger partial charge in [0.15, 0.2) is 5.78 Å². The van der Waals surface area contributed by atoms with Gasteiger partial charge < -0.3 is 10.2 Å². The molecular formula is C19H28O4. The number of ketones is 1. The summed E-state index contributed by atoms with van der Waals surface area (Å²) < 4.78 is 0. The Morgan fingerprint density at radius 2 is 1.96 bits per heavy atom.